The van der Waals surface area contributed by atoms with Gasteiger partial charge in [-0.3, -0.25) is 4.79 Å². The summed E-state index contributed by atoms with van der Waals surface area (Å²) in [5.74, 6) is -1.61. The molecule has 0 radical (unpaired) electrons. The van der Waals surface area contributed by atoms with E-state index >= 15 is 0 Å². The molecule has 0 unspecified atom stereocenters. The van der Waals surface area contributed by atoms with Gasteiger partial charge >= 0.3 is 6.03 Å². The van der Waals surface area contributed by atoms with Crippen LogP contribution in [0.5, 0.6) is 0 Å². The zero-order chi connectivity index (χ0) is 18.7. The van der Waals surface area contributed by atoms with Gasteiger partial charge in [0.05, 0.1) is 0 Å². The van der Waals surface area contributed by atoms with Gasteiger partial charge in [0, 0.05) is 24.3 Å². The molecule has 0 saturated carbocycles. The number of aryl methyl sites for hydroxylation is 1. The number of hydrogen-bond acceptors (Lipinski definition) is 2. The van der Waals surface area contributed by atoms with Gasteiger partial charge in [-0.05, 0) is 55.7 Å². The van der Waals surface area contributed by atoms with E-state index in [0.717, 1.165) is 36.2 Å². The van der Waals surface area contributed by atoms with Crippen LogP contribution in [0.15, 0.2) is 36.4 Å². The number of nitrogens with one attached hydrogen (secondary N) is 2. The molecule has 3 amide bonds. The molecule has 26 heavy (non-hydrogen) atoms. The van der Waals surface area contributed by atoms with Crippen LogP contribution in [0.4, 0.5) is 30.6 Å². The molecular weight excluding hydrogens is 340 g/mol. The second-order valence-electron chi connectivity index (χ2n) is 6.18. The summed E-state index contributed by atoms with van der Waals surface area (Å²) in [7, 11) is 0. The van der Waals surface area contributed by atoms with Crippen LogP contribution in [-0.4, -0.2) is 18.5 Å². The topological polar surface area (TPSA) is 61.4 Å². The van der Waals surface area contributed by atoms with Gasteiger partial charge in [-0.1, -0.05) is 6.07 Å². The zero-order valence-corrected chi connectivity index (χ0v) is 14.3. The molecule has 1 aliphatic heterocycles. The fourth-order valence-electron chi connectivity index (χ4n) is 2.99. The molecule has 0 aliphatic carbocycles. The molecule has 5 nitrogen and oxygen atoms in total. The van der Waals surface area contributed by atoms with Crippen molar-refractivity contribution in [2.45, 2.75) is 26.2 Å². The lowest BCUT2D eigenvalue weighted by Gasteiger charge is -2.28. The van der Waals surface area contributed by atoms with Gasteiger partial charge in [0.2, 0.25) is 5.91 Å². The largest absolute Gasteiger partial charge is 0.323 e. The molecule has 1 heterocycles. The van der Waals surface area contributed by atoms with E-state index in [2.05, 4.69) is 10.6 Å². The summed E-state index contributed by atoms with van der Waals surface area (Å²) in [6, 6.07) is 7.72. The summed E-state index contributed by atoms with van der Waals surface area (Å²) in [5, 5.41) is 4.71. The van der Waals surface area contributed by atoms with Crippen LogP contribution >= 0.6 is 0 Å². The standard InChI is InChI=1S/C19H19F2N3O2/c1-12-11-13(8-9-16(12)24-10-3-2-7-17(24)25)22-19(26)23-18-14(20)5-4-6-15(18)21/h4-6,8-9,11H,2-3,7,10H2,1H3,(H2,22,23,26). The van der Waals surface area contributed by atoms with Crippen molar-refractivity contribution in [3.8, 4) is 0 Å². The lowest BCUT2D eigenvalue weighted by atomic mass is 10.1. The summed E-state index contributed by atoms with van der Waals surface area (Å²) in [6.07, 6.45) is 2.40. The number of urea groups is 1. The van der Waals surface area contributed by atoms with Crippen LogP contribution in [0.3, 0.4) is 0 Å². The van der Waals surface area contributed by atoms with Crippen molar-refractivity contribution in [1.29, 1.82) is 0 Å². The number of carbonyl (C=O) groups is 2. The smallest absolute Gasteiger partial charge is 0.312 e. The minimum Gasteiger partial charge on any atom is -0.312 e. The lowest BCUT2D eigenvalue weighted by molar-refractivity contribution is -0.119. The van der Waals surface area contributed by atoms with Crippen molar-refractivity contribution in [3.05, 3.63) is 53.6 Å². The van der Waals surface area contributed by atoms with Gasteiger partial charge in [0.1, 0.15) is 17.3 Å². The molecular formula is C19H19F2N3O2. The Kier molecular flexibility index (Phi) is 5.16. The summed E-state index contributed by atoms with van der Waals surface area (Å²) in [4.78, 5) is 25.8. The first kappa shape index (κ1) is 17.8. The van der Waals surface area contributed by atoms with E-state index in [9.17, 15) is 18.4 Å². The Morgan fingerprint density at radius 2 is 1.81 bits per heavy atom. The first-order valence-electron chi connectivity index (χ1n) is 8.39. The van der Waals surface area contributed by atoms with Crippen molar-refractivity contribution >= 4 is 29.0 Å². The Morgan fingerprint density at radius 3 is 2.46 bits per heavy atom. The molecule has 0 aromatic heterocycles. The lowest BCUT2D eigenvalue weighted by Crippen LogP contribution is -2.35. The molecule has 1 aliphatic rings. The molecule has 2 aromatic rings. The highest BCUT2D eigenvalue weighted by molar-refractivity contribution is 6.00. The van der Waals surface area contributed by atoms with E-state index in [1.807, 2.05) is 6.92 Å². The van der Waals surface area contributed by atoms with Crippen molar-refractivity contribution < 1.29 is 18.4 Å². The van der Waals surface area contributed by atoms with E-state index in [1.54, 1.807) is 23.1 Å². The predicted octanol–water partition coefficient (Wildman–Crippen LogP) is 4.43. The molecule has 1 fully saturated rings. The van der Waals surface area contributed by atoms with Crippen LogP contribution in [0, 0.1) is 18.6 Å². The van der Waals surface area contributed by atoms with E-state index in [0.29, 0.717) is 18.7 Å². The van der Waals surface area contributed by atoms with E-state index in [1.165, 1.54) is 6.07 Å². The number of halogens is 2. The van der Waals surface area contributed by atoms with Crippen molar-refractivity contribution in [1.82, 2.24) is 0 Å². The van der Waals surface area contributed by atoms with E-state index < -0.39 is 23.4 Å². The van der Waals surface area contributed by atoms with Gasteiger partial charge in [-0.25, -0.2) is 13.6 Å². The normalized spacial score (nSPS) is 14.3. The summed E-state index contributed by atoms with van der Waals surface area (Å²) < 4.78 is 27.2. The number of amides is 3. The molecule has 2 aromatic carbocycles. The Morgan fingerprint density at radius 1 is 1.08 bits per heavy atom. The third-order valence-corrected chi connectivity index (χ3v) is 4.27. The maximum absolute atomic E-state index is 13.6. The molecule has 3 rings (SSSR count). The average Bonchev–Trinajstić information content (AvgIpc) is 2.59. The zero-order valence-electron chi connectivity index (χ0n) is 14.3. The fourth-order valence-corrected chi connectivity index (χ4v) is 2.99. The number of rotatable bonds is 3. The monoisotopic (exact) mass is 359 g/mol. The van der Waals surface area contributed by atoms with Crippen LogP contribution in [0.2, 0.25) is 0 Å². The number of carbonyl (C=O) groups excluding carboxylic acids is 2. The van der Waals surface area contributed by atoms with Crippen LogP contribution in [0.25, 0.3) is 0 Å². The van der Waals surface area contributed by atoms with E-state index in [4.69, 9.17) is 0 Å². The number of para-hydroxylation sites is 1. The van der Waals surface area contributed by atoms with Crippen LogP contribution in [0.1, 0.15) is 24.8 Å². The fraction of sp³-hybridized carbons (Fsp3) is 0.263. The summed E-state index contributed by atoms with van der Waals surface area (Å²) in [5.41, 5.74) is 1.60. The predicted molar refractivity (Wildman–Crippen MR) is 96.4 cm³/mol. The molecule has 0 spiro atoms. The maximum Gasteiger partial charge on any atom is 0.323 e. The second-order valence-corrected chi connectivity index (χ2v) is 6.18. The molecule has 136 valence electrons. The Hall–Kier alpha value is -2.96. The molecule has 7 heteroatoms. The highest BCUT2D eigenvalue weighted by Crippen LogP contribution is 2.27. The molecule has 1 saturated heterocycles. The Labute approximate surface area is 150 Å². The molecule has 0 atom stereocenters. The third kappa shape index (κ3) is 3.82. The van der Waals surface area contributed by atoms with Gasteiger partial charge in [-0.15, -0.1) is 0 Å². The molecule has 2 N–H and O–H groups in total. The number of anilines is 3. The summed E-state index contributed by atoms with van der Waals surface area (Å²) >= 11 is 0. The van der Waals surface area contributed by atoms with Gasteiger partial charge < -0.3 is 15.5 Å². The second kappa shape index (κ2) is 7.51. The highest BCUT2D eigenvalue weighted by atomic mass is 19.1. The van der Waals surface area contributed by atoms with Crippen molar-refractivity contribution in [3.63, 3.8) is 0 Å². The number of benzene rings is 2. The van der Waals surface area contributed by atoms with Gasteiger partial charge in [0.25, 0.3) is 0 Å². The quantitative estimate of drug-likeness (QED) is 0.851. The SMILES string of the molecule is Cc1cc(NC(=O)Nc2c(F)cccc2F)ccc1N1CCCCC1=O. The minimum atomic E-state index is -0.852. The van der Waals surface area contributed by atoms with Gasteiger partial charge in [-0.2, -0.15) is 0 Å². The van der Waals surface area contributed by atoms with Crippen molar-refractivity contribution in [2.24, 2.45) is 0 Å². The Balaban J connectivity index is 1.71. The third-order valence-electron chi connectivity index (χ3n) is 4.27. The maximum atomic E-state index is 13.6. The number of nitrogens with zero attached hydrogens (tertiary/aromatic N) is 1. The number of hydrogen-bond donors (Lipinski definition) is 2. The molecule has 0 bridgehead atoms. The van der Waals surface area contributed by atoms with Crippen LogP contribution < -0.4 is 15.5 Å². The Bertz CT molecular complexity index is 834. The van der Waals surface area contributed by atoms with Gasteiger partial charge in [0.15, 0.2) is 0 Å². The van der Waals surface area contributed by atoms with E-state index in [-0.39, 0.29) is 5.91 Å². The number of piperidine rings is 1. The highest BCUT2D eigenvalue weighted by Gasteiger charge is 2.21. The van der Waals surface area contributed by atoms with Crippen LogP contribution in [-0.2, 0) is 4.79 Å². The first-order valence-corrected chi connectivity index (χ1v) is 8.39. The van der Waals surface area contributed by atoms with Crippen molar-refractivity contribution in [2.75, 3.05) is 22.1 Å². The minimum absolute atomic E-state index is 0.0906. The summed E-state index contributed by atoms with van der Waals surface area (Å²) in [6.45, 7) is 2.52. The first-order chi connectivity index (χ1) is 12.5. The average molecular weight is 359 g/mol.